The van der Waals surface area contributed by atoms with Crippen LogP contribution in [0.5, 0.6) is 0 Å². The molecule has 0 N–H and O–H groups in total. The van der Waals surface area contributed by atoms with E-state index in [-0.39, 0.29) is 18.1 Å². The summed E-state index contributed by atoms with van der Waals surface area (Å²) >= 11 is 0. The quantitative estimate of drug-likeness (QED) is 0.810. The van der Waals surface area contributed by atoms with Crippen LogP contribution in [0.15, 0.2) is 34.9 Å². The Morgan fingerprint density at radius 1 is 1.24 bits per heavy atom. The van der Waals surface area contributed by atoms with Gasteiger partial charge >= 0.3 is 6.18 Å². The fourth-order valence-electron chi connectivity index (χ4n) is 1.51. The summed E-state index contributed by atoms with van der Waals surface area (Å²) in [5, 5.41) is 3.65. The van der Waals surface area contributed by atoms with Gasteiger partial charge in [-0.1, -0.05) is 17.3 Å². The Kier molecular flexibility index (Phi) is 4.06. The van der Waals surface area contributed by atoms with E-state index < -0.39 is 21.9 Å². The lowest BCUT2D eigenvalue weighted by molar-refractivity contribution is -0.137. The monoisotopic (exact) mass is 321 g/mol. The fraction of sp³-hybridized carbons (Fsp3) is 0.250. The molecule has 5 nitrogen and oxygen atoms in total. The fourth-order valence-corrected chi connectivity index (χ4v) is 1.84. The van der Waals surface area contributed by atoms with E-state index >= 15 is 0 Å². The zero-order valence-electron chi connectivity index (χ0n) is 10.7. The molecule has 0 unspecified atom stereocenters. The van der Waals surface area contributed by atoms with Crippen molar-refractivity contribution in [3.63, 3.8) is 0 Å². The molecule has 1 aromatic carbocycles. The van der Waals surface area contributed by atoms with Crippen LogP contribution in [0.2, 0.25) is 0 Å². The molecule has 2 aromatic rings. The van der Waals surface area contributed by atoms with Crippen molar-refractivity contribution in [2.75, 3.05) is 6.26 Å². The highest BCUT2D eigenvalue weighted by molar-refractivity contribution is 7.85. The van der Waals surface area contributed by atoms with Gasteiger partial charge in [0.2, 0.25) is 0 Å². The topological polar surface area (TPSA) is 69.4 Å². The first-order valence-corrected chi connectivity index (χ1v) is 7.44. The van der Waals surface area contributed by atoms with Crippen molar-refractivity contribution in [2.24, 2.45) is 0 Å². The number of alkyl halides is 3. The first-order chi connectivity index (χ1) is 9.65. The second-order valence-corrected chi connectivity index (χ2v) is 5.86. The smallest absolute Gasteiger partial charge is 0.358 e. The third-order valence-corrected chi connectivity index (χ3v) is 3.03. The minimum absolute atomic E-state index is 0.148. The maximum Gasteiger partial charge on any atom is 0.416 e. The number of rotatable bonds is 4. The number of hydrogen-bond donors (Lipinski definition) is 0. The van der Waals surface area contributed by atoms with Crippen molar-refractivity contribution in [1.82, 2.24) is 5.16 Å². The van der Waals surface area contributed by atoms with E-state index in [1.54, 1.807) is 0 Å². The van der Waals surface area contributed by atoms with Crippen LogP contribution in [-0.2, 0) is 27.1 Å². The van der Waals surface area contributed by atoms with Crippen molar-refractivity contribution in [1.29, 1.82) is 0 Å². The Labute approximate surface area is 118 Å². The van der Waals surface area contributed by atoms with Gasteiger partial charge in [0, 0.05) is 11.6 Å². The first-order valence-electron chi connectivity index (χ1n) is 5.63. The molecular formula is C12H10F3NO4S. The molecule has 1 aromatic heterocycles. The first kappa shape index (κ1) is 15.5. The highest BCUT2D eigenvalue weighted by Gasteiger charge is 2.30. The standard InChI is InChI=1S/C12H10F3NO4S/c1-21(17,18)19-7-10-6-11(16-20-10)8-2-4-9(5-3-8)12(13,14)15/h2-6H,7H2,1H3. The molecule has 0 radical (unpaired) electrons. The minimum atomic E-state index is -4.41. The Bertz CT molecular complexity index is 720. The number of halogens is 3. The van der Waals surface area contributed by atoms with Crippen molar-refractivity contribution >= 4 is 10.1 Å². The molecule has 0 bridgehead atoms. The Hall–Kier alpha value is -1.87. The van der Waals surface area contributed by atoms with Gasteiger partial charge < -0.3 is 4.52 Å². The third-order valence-electron chi connectivity index (χ3n) is 2.48. The van der Waals surface area contributed by atoms with Crippen LogP contribution in [0.1, 0.15) is 11.3 Å². The summed E-state index contributed by atoms with van der Waals surface area (Å²) in [6.45, 7) is -0.327. The number of hydrogen-bond acceptors (Lipinski definition) is 5. The summed E-state index contributed by atoms with van der Waals surface area (Å²) in [5.74, 6) is 0.148. The van der Waals surface area contributed by atoms with Crippen molar-refractivity contribution in [2.45, 2.75) is 12.8 Å². The number of nitrogens with zero attached hydrogens (tertiary/aromatic N) is 1. The summed E-state index contributed by atoms with van der Waals surface area (Å²) in [7, 11) is -3.61. The summed E-state index contributed by atoms with van der Waals surface area (Å²) in [6, 6.07) is 5.75. The molecule has 0 amide bonds. The molecule has 0 aliphatic carbocycles. The summed E-state index contributed by atoms with van der Waals surface area (Å²) in [6.07, 6.45) is -3.52. The highest BCUT2D eigenvalue weighted by Crippen LogP contribution is 2.30. The summed E-state index contributed by atoms with van der Waals surface area (Å²) in [4.78, 5) is 0. The predicted molar refractivity (Wildman–Crippen MR) is 66.6 cm³/mol. The minimum Gasteiger partial charge on any atom is -0.358 e. The third kappa shape index (κ3) is 4.30. The Morgan fingerprint density at radius 2 is 1.86 bits per heavy atom. The average molecular weight is 321 g/mol. The molecule has 0 aliphatic heterocycles. The van der Waals surface area contributed by atoms with Crippen molar-refractivity contribution < 1.29 is 30.3 Å². The zero-order chi connectivity index (χ0) is 15.7. The lowest BCUT2D eigenvalue weighted by atomic mass is 10.1. The van der Waals surface area contributed by atoms with Crippen LogP contribution in [0.3, 0.4) is 0 Å². The van der Waals surface area contributed by atoms with Crippen LogP contribution < -0.4 is 0 Å². The molecule has 0 aliphatic rings. The zero-order valence-corrected chi connectivity index (χ0v) is 11.5. The van der Waals surface area contributed by atoms with Gasteiger partial charge in [-0.15, -0.1) is 0 Å². The summed E-state index contributed by atoms with van der Waals surface area (Å²) < 4.78 is 68.3. The van der Waals surface area contributed by atoms with Gasteiger partial charge in [-0.3, -0.25) is 4.18 Å². The van der Waals surface area contributed by atoms with Gasteiger partial charge in [0.25, 0.3) is 10.1 Å². The van der Waals surface area contributed by atoms with Crippen LogP contribution >= 0.6 is 0 Å². The highest BCUT2D eigenvalue weighted by atomic mass is 32.2. The van der Waals surface area contributed by atoms with Crippen LogP contribution in [-0.4, -0.2) is 19.8 Å². The van der Waals surface area contributed by atoms with Gasteiger partial charge in [-0.2, -0.15) is 21.6 Å². The van der Waals surface area contributed by atoms with E-state index in [2.05, 4.69) is 9.34 Å². The van der Waals surface area contributed by atoms with E-state index in [1.807, 2.05) is 0 Å². The summed E-state index contributed by atoms with van der Waals surface area (Å²) in [5.41, 5.74) is -0.0661. The van der Waals surface area contributed by atoms with Crippen molar-refractivity contribution in [3.05, 3.63) is 41.7 Å². The van der Waals surface area contributed by atoms with Gasteiger partial charge in [-0.25, -0.2) is 0 Å². The van der Waals surface area contributed by atoms with E-state index in [1.165, 1.54) is 18.2 Å². The van der Waals surface area contributed by atoms with Crippen molar-refractivity contribution in [3.8, 4) is 11.3 Å². The lowest BCUT2D eigenvalue weighted by Gasteiger charge is -2.06. The van der Waals surface area contributed by atoms with Gasteiger partial charge in [0.05, 0.1) is 11.8 Å². The Morgan fingerprint density at radius 3 is 2.38 bits per heavy atom. The maximum atomic E-state index is 12.4. The molecular weight excluding hydrogens is 311 g/mol. The molecule has 0 saturated carbocycles. The molecule has 0 spiro atoms. The second kappa shape index (κ2) is 5.49. The van der Waals surface area contributed by atoms with Crippen LogP contribution in [0.4, 0.5) is 13.2 Å². The molecule has 0 fully saturated rings. The van der Waals surface area contributed by atoms with E-state index in [0.717, 1.165) is 18.4 Å². The molecule has 1 heterocycles. The lowest BCUT2D eigenvalue weighted by Crippen LogP contribution is -2.03. The van der Waals surface area contributed by atoms with E-state index in [0.29, 0.717) is 5.56 Å². The average Bonchev–Trinajstić information content (AvgIpc) is 2.83. The molecule has 0 saturated heterocycles. The Balaban J connectivity index is 2.14. The number of aromatic nitrogens is 1. The largest absolute Gasteiger partial charge is 0.416 e. The van der Waals surface area contributed by atoms with Crippen LogP contribution in [0, 0.1) is 0 Å². The van der Waals surface area contributed by atoms with Crippen LogP contribution in [0.25, 0.3) is 11.3 Å². The van der Waals surface area contributed by atoms with E-state index in [4.69, 9.17) is 4.52 Å². The molecule has 114 valence electrons. The van der Waals surface area contributed by atoms with Gasteiger partial charge in [0.15, 0.2) is 5.76 Å². The van der Waals surface area contributed by atoms with E-state index in [9.17, 15) is 21.6 Å². The molecule has 9 heteroatoms. The predicted octanol–water partition coefficient (Wildman–Crippen LogP) is 2.84. The second-order valence-electron chi connectivity index (χ2n) is 4.22. The normalized spacial score (nSPS) is 12.6. The number of benzene rings is 1. The molecule has 21 heavy (non-hydrogen) atoms. The van der Waals surface area contributed by atoms with Gasteiger partial charge in [0.1, 0.15) is 12.3 Å². The molecule has 2 rings (SSSR count). The SMILES string of the molecule is CS(=O)(=O)OCc1cc(-c2ccc(C(F)(F)F)cc2)no1. The maximum absolute atomic E-state index is 12.4. The molecule has 0 atom stereocenters. The van der Waals surface area contributed by atoms with Gasteiger partial charge in [-0.05, 0) is 12.1 Å².